The van der Waals surface area contributed by atoms with Crippen LogP contribution in [0.2, 0.25) is 0 Å². The summed E-state index contributed by atoms with van der Waals surface area (Å²) < 4.78 is 0. The molecule has 0 spiro atoms. The van der Waals surface area contributed by atoms with Crippen LogP contribution >= 0.6 is 0 Å². The lowest BCUT2D eigenvalue weighted by molar-refractivity contribution is -0.147. The molecule has 14 heteroatoms. The molecule has 176 valence electrons. The number of carboxylic acid groups (broad SMARTS) is 3. The number of amides is 3. The molecule has 0 bridgehead atoms. The molecule has 3 amide bonds. The summed E-state index contributed by atoms with van der Waals surface area (Å²) in [5.41, 5.74) is 5.39. The van der Waals surface area contributed by atoms with E-state index in [1.807, 2.05) is 5.32 Å². The highest BCUT2D eigenvalue weighted by molar-refractivity contribution is 5.94. The Bertz CT molecular complexity index is 696. The predicted molar refractivity (Wildman–Crippen MR) is 102 cm³/mol. The number of rotatable bonds is 14. The number of hydrogen-bond acceptors (Lipinski definition) is 8. The van der Waals surface area contributed by atoms with E-state index in [4.69, 9.17) is 26.2 Å². The van der Waals surface area contributed by atoms with Gasteiger partial charge in [-0.1, -0.05) is 13.8 Å². The largest absolute Gasteiger partial charge is 0.481 e. The fourth-order valence-electron chi connectivity index (χ4n) is 2.32. The van der Waals surface area contributed by atoms with Crippen molar-refractivity contribution in [3.63, 3.8) is 0 Å². The van der Waals surface area contributed by atoms with Crippen LogP contribution in [0, 0.1) is 5.92 Å². The summed E-state index contributed by atoms with van der Waals surface area (Å²) in [5.74, 6) is -7.76. The van der Waals surface area contributed by atoms with Gasteiger partial charge >= 0.3 is 17.9 Å². The summed E-state index contributed by atoms with van der Waals surface area (Å²) in [7, 11) is 0. The number of aliphatic hydroxyl groups is 1. The Morgan fingerprint density at radius 3 is 1.77 bits per heavy atom. The normalized spacial score (nSPS) is 14.6. The molecule has 4 atom stereocenters. The van der Waals surface area contributed by atoms with E-state index in [1.54, 1.807) is 13.8 Å². The Kier molecular flexibility index (Phi) is 11.7. The van der Waals surface area contributed by atoms with Crippen LogP contribution in [0.4, 0.5) is 0 Å². The van der Waals surface area contributed by atoms with Crippen LogP contribution in [0.5, 0.6) is 0 Å². The van der Waals surface area contributed by atoms with Gasteiger partial charge in [-0.15, -0.1) is 0 Å². The van der Waals surface area contributed by atoms with Crippen LogP contribution < -0.4 is 21.7 Å². The lowest BCUT2D eigenvalue weighted by Crippen LogP contribution is -2.58. The molecule has 0 heterocycles. The van der Waals surface area contributed by atoms with Gasteiger partial charge in [-0.3, -0.25) is 24.0 Å². The smallest absolute Gasteiger partial charge is 0.326 e. The maximum Gasteiger partial charge on any atom is 0.326 e. The molecule has 0 saturated heterocycles. The van der Waals surface area contributed by atoms with Crippen molar-refractivity contribution < 1.29 is 49.2 Å². The Hall–Kier alpha value is -3.26. The van der Waals surface area contributed by atoms with E-state index in [0.717, 1.165) is 0 Å². The summed E-state index contributed by atoms with van der Waals surface area (Å²) >= 11 is 0. The molecule has 0 aliphatic rings. The highest BCUT2D eigenvalue weighted by Crippen LogP contribution is 2.06. The Morgan fingerprint density at radius 2 is 1.35 bits per heavy atom. The SMILES string of the molecule is CC(C)C(NC(=O)C(N)CO)C(=O)NC(CCC(=O)O)C(=O)NC(CC(=O)O)C(=O)O. The number of aliphatic hydroxyl groups excluding tert-OH is 1. The average molecular weight is 448 g/mol. The molecule has 14 nitrogen and oxygen atoms in total. The first-order valence-electron chi connectivity index (χ1n) is 9.24. The number of carbonyl (C=O) groups excluding carboxylic acids is 3. The lowest BCUT2D eigenvalue weighted by atomic mass is 10.0. The van der Waals surface area contributed by atoms with Crippen molar-refractivity contribution >= 4 is 35.6 Å². The molecule has 0 aliphatic heterocycles. The van der Waals surface area contributed by atoms with Crippen molar-refractivity contribution in [1.82, 2.24) is 16.0 Å². The Labute approximate surface area is 177 Å². The van der Waals surface area contributed by atoms with E-state index < -0.39 is 91.6 Å². The van der Waals surface area contributed by atoms with Crippen LogP contribution in [-0.2, 0) is 28.8 Å². The number of hydrogen-bond donors (Lipinski definition) is 8. The maximum absolute atomic E-state index is 12.6. The third-order valence-corrected chi connectivity index (χ3v) is 4.05. The van der Waals surface area contributed by atoms with Crippen LogP contribution in [-0.4, -0.2) is 86.8 Å². The molecule has 0 aliphatic carbocycles. The topological polar surface area (TPSA) is 245 Å². The summed E-state index contributed by atoms with van der Waals surface area (Å²) in [5, 5.41) is 42.1. The summed E-state index contributed by atoms with van der Waals surface area (Å²) in [6, 6.07) is -5.84. The second-order valence-electron chi connectivity index (χ2n) is 7.01. The molecule has 0 aromatic rings. The molecule has 31 heavy (non-hydrogen) atoms. The zero-order chi connectivity index (χ0) is 24.3. The standard InChI is InChI=1S/C17H28N4O10/c1-7(2)13(21-14(27)8(18)6-22)16(29)19-9(3-4-11(23)24)15(28)20-10(17(30)31)5-12(25)26/h7-10,13,22H,3-6,18H2,1-2H3,(H,19,29)(H,20,28)(H,21,27)(H,23,24)(H,25,26)(H,30,31). The van der Waals surface area contributed by atoms with Gasteiger partial charge in [0.25, 0.3) is 0 Å². The van der Waals surface area contributed by atoms with E-state index in [-0.39, 0.29) is 0 Å². The van der Waals surface area contributed by atoms with Crippen molar-refractivity contribution in [2.24, 2.45) is 11.7 Å². The first kappa shape index (κ1) is 27.7. The van der Waals surface area contributed by atoms with Crippen molar-refractivity contribution in [3.8, 4) is 0 Å². The number of nitrogens with one attached hydrogen (secondary N) is 3. The molecule has 0 saturated carbocycles. The predicted octanol–water partition coefficient (Wildman–Crippen LogP) is -3.16. The lowest BCUT2D eigenvalue weighted by Gasteiger charge is -2.26. The minimum absolute atomic E-state index is 0.429. The number of carbonyl (C=O) groups is 6. The van der Waals surface area contributed by atoms with Crippen LogP contribution in [0.3, 0.4) is 0 Å². The molecule has 9 N–H and O–H groups in total. The summed E-state index contributed by atoms with van der Waals surface area (Å²) in [4.78, 5) is 69.8. The van der Waals surface area contributed by atoms with Crippen LogP contribution in [0.1, 0.15) is 33.1 Å². The highest BCUT2D eigenvalue weighted by Gasteiger charge is 2.32. The molecule has 4 unspecified atom stereocenters. The summed E-state index contributed by atoms with van der Waals surface area (Å²) in [6.45, 7) is 2.45. The van der Waals surface area contributed by atoms with Gasteiger partial charge in [0.2, 0.25) is 17.7 Å². The van der Waals surface area contributed by atoms with Crippen molar-refractivity contribution in [3.05, 3.63) is 0 Å². The van der Waals surface area contributed by atoms with Crippen LogP contribution in [0.15, 0.2) is 0 Å². The number of nitrogens with two attached hydrogens (primary N) is 1. The molecular formula is C17H28N4O10. The molecular weight excluding hydrogens is 420 g/mol. The quantitative estimate of drug-likeness (QED) is 0.132. The minimum atomic E-state index is -1.81. The van der Waals surface area contributed by atoms with Crippen molar-refractivity contribution in [2.45, 2.75) is 57.3 Å². The van der Waals surface area contributed by atoms with Gasteiger partial charge in [-0.05, 0) is 12.3 Å². The minimum Gasteiger partial charge on any atom is -0.481 e. The van der Waals surface area contributed by atoms with Crippen molar-refractivity contribution in [2.75, 3.05) is 6.61 Å². The van der Waals surface area contributed by atoms with Crippen LogP contribution in [0.25, 0.3) is 0 Å². The second-order valence-corrected chi connectivity index (χ2v) is 7.01. The van der Waals surface area contributed by atoms with Gasteiger partial charge in [0.1, 0.15) is 24.2 Å². The monoisotopic (exact) mass is 448 g/mol. The van der Waals surface area contributed by atoms with Crippen molar-refractivity contribution in [1.29, 1.82) is 0 Å². The fourth-order valence-corrected chi connectivity index (χ4v) is 2.32. The number of aliphatic carboxylic acids is 3. The van der Waals surface area contributed by atoms with Gasteiger partial charge in [-0.25, -0.2) is 4.79 Å². The van der Waals surface area contributed by atoms with E-state index >= 15 is 0 Å². The molecule has 0 fully saturated rings. The molecule has 0 aromatic carbocycles. The van der Waals surface area contributed by atoms with E-state index in [1.165, 1.54) is 0 Å². The first-order valence-corrected chi connectivity index (χ1v) is 9.24. The number of carboxylic acids is 3. The maximum atomic E-state index is 12.6. The zero-order valence-corrected chi connectivity index (χ0v) is 17.0. The van der Waals surface area contributed by atoms with E-state index in [2.05, 4.69) is 10.6 Å². The average Bonchev–Trinajstić information content (AvgIpc) is 2.66. The van der Waals surface area contributed by atoms with Gasteiger partial charge in [0.15, 0.2) is 0 Å². The zero-order valence-electron chi connectivity index (χ0n) is 17.0. The van der Waals surface area contributed by atoms with Gasteiger partial charge in [-0.2, -0.15) is 0 Å². The highest BCUT2D eigenvalue weighted by atomic mass is 16.4. The van der Waals surface area contributed by atoms with Gasteiger partial charge < -0.3 is 42.1 Å². The van der Waals surface area contributed by atoms with Gasteiger partial charge in [0, 0.05) is 6.42 Å². The Balaban J connectivity index is 5.50. The molecule has 0 rings (SSSR count). The molecule has 0 aromatic heterocycles. The molecule has 0 radical (unpaired) electrons. The first-order chi connectivity index (χ1) is 14.3. The Morgan fingerprint density at radius 1 is 0.806 bits per heavy atom. The van der Waals surface area contributed by atoms with E-state index in [9.17, 15) is 28.8 Å². The van der Waals surface area contributed by atoms with E-state index in [0.29, 0.717) is 0 Å². The fraction of sp³-hybridized carbons (Fsp3) is 0.647. The third-order valence-electron chi connectivity index (χ3n) is 4.05. The van der Waals surface area contributed by atoms with Gasteiger partial charge in [0.05, 0.1) is 13.0 Å². The second kappa shape index (κ2) is 13.1. The summed E-state index contributed by atoms with van der Waals surface area (Å²) in [6.07, 6.45) is -1.94. The third kappa shape index (κ3) is 10.4.